The van der Waals surface area contributed by atoms with E-state index in [1.54, 1.807) is 13.1 Å². The summed E-state index contributed by atoms with van der Waals surface area (Å²) >= 11 is 11.8. The first-order valence-corrected chi connectivity index (χ1v) is 9.00. The van der Waals surface area contributed by atoms with Gasteiger partial charge < -0.3 is 0 Å². The Morgan fingerprint density at radius 2 is 1.91 bits per heavy atom. The number of hydrogen-bond acceptors (Lipinski definition) is 3. The third-order valence-electron chi connectivity index (χ3n) is 3.23. The molecule has 0 bridgehead atoms. The Labute approximate surface area is 140 Å². The lowest BCUT2D eigenvalue weighted by Crippen LogP contribution is -2.33. The summed E-state index contributed by atoms with van der Waals surface area (Å²) in [6, 6.07) is 9.91. The molecule has 4 nitrogen and oxygen atoms in total. The molecule has 0 aliphatic heterocycles. The van der Waals surface area contributed by atoms with Crippen LogP contribution in [-0.2, 0) is 16.4 Å². The molecule has 22 heavy (non-hydrogen) atoms. The molecule has 0 saturated carbocycles. The van der Waals surface area contributed by atoms with Crippen LogP contribution in [0.4, 0.5) is 0 Å². The zero-order chi connectivity index (χ0) is 16.2. The van der Waals surface area contributed by atoms with Gasteiger partial charge in [0.2, 0.25) is 10.0 Å². The normalized spacial score (nSPS) is 11.8. The van der Waals surface area contributed by atoms with Crippen LogP contribution in [0, 0.1) is 0 Å². The lowest BCUT2D eigenvalue weighted by atomic mass is 10.3. The molecule has 0 N–H and O–H groups in total. The number of sulfonamides is 1. The van der Waals surface area contributed by atoms with Crippen LogP contribution in [0.25, 0.3) is 0 Å². The van der Waals surface area contributed by atoms with Crippen molar-refractivity contribution in [3.63, 3.8) is 0 Å². The van der Waals surface area contributed by atoms with Crippen LogP contribution < -0.4 is 0 Å². The Morgan fingerprint density at radius 3 is 2.50 bits per heavy atom. The van der Waals surface area contributed by atoms with Gasteiger partial charge in [0.05, 0.1) is 14.9 Å². The summed E-state index contributed by atoms with van der Waals surface area (Å²) in [7, 11) is -3.60. The van der Waals surface area contributed by atoms with E-state index in [9.17, 15) is 8.42 Å². The molecular formula is C15H16Cl2N2O2S. The first-order valence-electron chi connectivity index (χ1n) is 6.80. The van der Waals surface area contributed by atoms with Gasteiger partial charge in [-0.25, -0.2) is 8.42 Å². The van der Waals surface area contributed by atoms with Crippen molar-refractivity contribution in [2.75, 3.05) is 13.1 Å². The van der Waals surface area contributed by atoms with Gasteiger partial charge in [-0.15, -0.1) is 0 Å². The van der Waals surface area contributed by atoms with Crippen molar-refractivity contribution in [3.05, 3.63) is 58.3 Å². The van der Waals surface area contributed by atoms with Crippen LogP contribution in [0.1, 0.15) is 12.6 Å². The molecule has 0 amide bonds. The van der Waals surface area contributed by atoms with Crippen molar-refractivity contribution in [2.45, 2.75) is 18.2 Å². The van der Waals surface area contributed by atoms with E-state index in [-0.39, 0.29) is 9.92 Å². The van der Waals surface area contributed by atoms with Crippen LogP contribution in [-0.4, -0.2) is 30.8 Å². The van der Waals surface area contributed by atoms with Crippen molar-refractivity contribution in [2.24, 2.45) is 0 Å². The Hall–Kier alpha value is -1.14. The van der Waals surface area contributed by atoms with E-state index >= 15 is 0 Å². The number of nitrogens with zero attached hydrogens (tertiary/aromatic N) is 2. The van der Waals surface area contributed by atoms with Crippen LogP contribution >= 0.6 is 23.2 Å². The maximum Gasteiger partial charge on any atom is 0.243 e. The molecule has 0 aliphatic rings. The molecule has 0 unspecified atom stereocenters. The predicted molar refractivity (Wildman–Crippen MR) is 88.8 cm³/mol. The summed E-state index contributed by atoms with van der Waals surface area (Å²) in [4.78, 5) is 4.35. The van der Waals surface area contributed by atoms with Gasteiger partial charge in [0.15, 0.2) is 0 Å². The smallest absolute Gasteiger partial charge is 0.243 e. The zero-order valence-electron chi connectivity index (χ0n) is 12.0. The SMILES string of the molecule is CCN(CCc1ccccn1)S(=O)(=O)c1ccc(Cl)c(Cl)c1. The van der Waals surface area contributed by atoms with Gasteiger partial charge in [0.25, 0.3) is 0 Å². The number of hydrogen-bond donors (Lipinski definition) is 0. The third-order valence-corrected chi connectivity index (χ3v) is 5.93. The van der Waals surface area contributed by atoms with Gasteiger partial charge in [-0.1, -0.05) is 36.2 Å². The quantitative estimate of drug-likeness (QED) is 0.791. The Morgan fingerprint density at radius 1 is 1.14 bits per heavy atom. The third kappa shape index (κ3) is 3.98. The highest BCUT2D eigenvalue weighted by atomic mass is 35.5. The fraction of sp³-hybridized carbons (Fsp3) is 0.267. The van der Waals surface area contributed by atoms with Gasteiger partial charge in [-0.3, -0.25) is 4.98 Å². The van der Waals surface area contributed by atoms with Gasteiger partial charge >= 0.3 is 0 Å². The Bertz CT molecular complexity index is 736. The van der Waals surface area contributed by atoms with Crippen molar-refractivity contribution in [1.82, 2.24) is 9.29 Å². The van der Waals surface area contributed by atoms with Crippen LogP contribution in [0.3, 0.4) is 0 Å². The minimum atomic E-state index is -3.60. The summed E-state index contributed by atoms with van der Waals surface area (Å²) in [5.41, 5.74) is 0.852. The van der Waals surface area contributed by atoms with Crippen LogP contribution in [0.5, 0.6) is 0 Å². The Balaban J connectivity index is 2.19. The minimum absolute atomic E-state index is 0.143. The summed E-state index contributed by atoms with van der Waals surface area (Å²) in [6.07, 6.45) is 2.24. The van der Waals surface area contributed by atoms with E-state index in [1.165, 1.54) is 22.5 Å². The number of likely N-dealkylation sites (N-methyl/N-ethyl adjacent to an activating group) is 1. The standard InChI is InChI=1S/C15H16Cl2N2O2S/c1-2-19(10-8-12-5-3-4-9-18-12)22(20,21)13-6-7-14(16)15(17)11-13/h3-7,9,11H,2,8,10H2,1H3. The van der Waals surface area contributed by atoms with Crippen molar-refractivity contribution >= 4 is 33.2 Å². The topological polar surface area (TPSA) is 50.3 Å². The number of rotatable bonds is 6. The highest BCUT2D eigenvalue weighted by Crippen LogP contribution is 2.26. The second kappa shape index (κ2) is 7.42. The fourth-order valence-electron chi connectivity index (χ4n) is 2.02. The largest absolute Gasteiger partial charge is 0.261 e. The molecule has 118 valence electrons. The van der Waals surface area contributed by atoms with Gasteiger partial charge in [0, 0.05) is 31.4 Å². The first-order chi connectivity index (χ1) is 10.4. The molecule has 0 radical (unpaired) electrons. The highest BCUT2D eigenvalue weighted by molar-refractivity contribution is 7.89. The number of benzene rings is 1. The summed E-state index contributed by atoms with van der Waals surface area (Å²) in [5.74, 6) is 0. The molecule has 0 spiro atoms. The molecule has 7 heteroatoms. The Kier molecular flexibility index (Phi) is 5.81. The second-order valence-electron chi connectivity index (χ2n) is 4.64. The number of halogens is 2. The lowest BCUT2D eigenvalue weighted by Gasteiger charge is -2.20. The van der Waals surface area contributed by atoms with E-state index in [2.05, 4.69) is 4.98 Å². The molecule has 0 aliphatic carbocycles. The van der Waals surface area contributed by atoms with Crippen molar-refractivity contribution in [1.29, 1.82) is 0 Å². The molecule has 0 saturated heterocycles. The van der Waals surface area contributed by atoms with E-state index in [1.807, 2.05) is 18.2 Å². The number of pyridine rings is 1. The summed E-state index contributed by atoms with van der Waals surface area (Å²) < 4.78 is 26.7. The van der Waals surface area contributed by atoms with Crippen LogP contribution in [0.15, 0.2) is 47.5 Å². The van der Waals surface area contributed by atoms with E-state index < -0.39 is 10.0 Å². The van der Waals surface area contributed by atoms with Crippen molar-refractivity contribution < 1.29 is 8.42 Å². The van der Waals surface area contributed by atoms with E-state index in [0.29, 0.717) is 24.5 Å². The maximum absolute atomic E-state index is 12.7. The summed E-state index contributed by atoms with van der Waals surface area (Å²) in [6.45, 7) is 2.53. The van der Waals surface area contributed by atoms with Crippen molar-refractivity contribution in [3.8, 4) is 0 Å². The zero-order valence-corrected chi connectivity index (χ0v) is 14.4. The molecule has 0 atom stereocenters. The molecule has 1 heterocycles. The molecule has 2 aromatic rings. The molecule has 1 aromatic heterocycles. The molecule has 2 rings (SSSR count). The van der Waals surface area contributed by atoms with Gasteiger partial charge in [-0.05, 0) is 30.3 Å². The first kappa shape index (κ1) is 17.2. The average molecular weight is 359 g/mol. The maximum atomic E-state index is 12.7. The monoisotopic (exact) mass is 358 g/mol. The molecule has 1 aromatic carbocycles. The van der Waals surface area contributed by atoms with Gasteiger partial charge in [-0.2, -0.15) is 4.31 Å². The number of aromatic nitrogens is 1. The molecule has 0 fully saturated rings. The fourth-order valence-corrected chi connectivity index (χ4v) is 3.86. The predicted octanol–water partition coefficient (Wildman–Crippen LogP) is 3.64. The lowest BCUT2D eigenvalue weighted by molar-refractivity contribution is 0.429. The van der Waals surface area contributed by atoms with Crippen LogP contribution in [0.2, 0.25) is 10.0 Å². The van der Waals surface area contributed by atoms with E-state index in [0.717, 1.165) is 5.69 Å². The van der Waals surface area contributed by atoms with E-state index in [4.69, 9.17) is 23.2 Å². The molecular weight excluding hydrogens is 343 g/mol. The minimum Gasteiger partial charge on any atom is -0.261 e. The van der Waals surface area contributed by atoms with Gasteiger partial charge in [0.1, 0.15) is 0 Å². The highest BCUT2D eigenvalue weighted by Gasteiger charge is 2.23. The summed E-state index contributed by atoms with van der Waals surface area (Å²) in [5, 5.41) is 0.556. The second-order valence-corrected chi connectivity index (χ2v) is 7.40. The average Bonchev–Trinajstić information content (AvgIpc) is 2.51.